The van der Waals surface area contributed by atoms with Crippen molar-refractivity contribution < 1.29 is 13.9 Å². The summed E-state index contributed by atoms with van der Waals surface area (Å²) < 4.78 is 24.3. The number of aliphatic hydroxyl groups is 1. The lowest BCUT2D eigenvalue weighted by Gasteiger charge is -2.22. The molecule has 0 saturated heterocycles. The highest BCUT2D eigenvalue weighted by molar-refractivity contribution is 7.99. The smallest absolute Gasteiger partial charge is 0.288 e. The molecule has 1 rings (SSSR count). The normalized spacial score (nSPS) is 12.1. The van der Waals surface area contributed by atoms with E-state index in [1.807, 2.05) is 19.9 Å². The van der Waals surface area contributed by atoms with Crippen molar-refractivity contribution in [3.8, 4) is 0 Å². The zero-order valence-electron chi connectivity index (χ0n) is 8.71. The molecular formula is C11H14F2OS. The minimum absolute atomic E-state index is 0.00417. The van der Waals surface area contributed by atoms with Gasteiger partial charge in [-0.3, -0.25) is 0 Å². The number of thioether (sulfide) groups is 1. The SMILES string of the molecule is CC(C)(CO)c1cccc(SC(F)F)c1. The van der Waals surface area contributed by atoms with Crippen LogP contribution in [0.2, 0.25) is 0 Å². The predicted molar refractivity (Wildman–Crippen MR) is 58.4 cm³/mol. The first-order valence-electron chi connectivity index (χ1n) is 4.62. The Kier molecular flexibility index (Phi) is 4.11. The van der Waals surface area contributed by atoms with E-state index in [-0.39, 0.29) is 6.61 Å². The summed E-state index contributed by atoms with van der Waals surface area (Å²) in [5, 5.41) is 9.17. The maximum atomic E-state index is 12.1. The monoisotopic (exact) mass is 232 g/mol. The first-order chi connectivity index (χ1) is 6.95. The third kappa shape index (κ3) is 3.47. The van der Waals surface area contributed by atoms with Crippen LogP contribution in [0, 0.1) is 0 Å². The van der Waals surface area contributed by atoms with Gasteiger partial charge in [0.25, 0.3) is 5.76 Å². The molecule has 0 aliphatic rings. The Morgan fingerprint density at radius 3 is 2.60 bits per heavy atom. The molecule has 0 atom stereocenters. The van der Waals surface area contributed by atoms with E-state index in [2.05, 4.69) is 0 Å². The van der Waals surface area contributed by atoms with Crippen molar-refractivity contribution in [2.45, 2.75) is 29.9 Å². The summed E-state index contributed by atoms with van der Waals surface area (Å²) >= 11 is 0.524. The van der Waals surface area contributed by atoms with Crippen LogP contribution in [0.15, 0.2) is 29.2 Å². The zero-order valence-corrected chi connectivity index (χ0v) is 9.52. The Hall–Kier alpha value is -0.610. The van der Waals surface area contributed by atoms with Crippen molar-refractivity contribution in [3.05, 3.63) is 29.8 Å². The molecule has 1 aromatic carbocycles. The summed E-state index contributed by atoms with van der Waals surface area (Å²) in [5.74, 6) is -2.41. The highest BCUT2D eigenvalue weighted by atomic mass is 32.2. The summed E-state index contributed by atoms with van der Waals surface area (Å²) in [6, 6.07) is 6.92. The first-order valence-corrected chi connectivity index (χ1v) is 5.50. The lowest BCUT2D eigenvalue weighted by molar-refractivity contribution is 0.218. The van der Waals surface area contributed by atoms with Gasteiger partial charge in [-0.25, -0.2) is 0 Å². The van der Waals surface area contributed by atoms with Crippen molar-refractivity contribution in [3.63, 3.8) is 0 Å². The molecule has 0 spiro atoms. The highest BCUT2D eigenvalue weighted by Crippen LogP contribution is 2.30. The Balaban J connectivity index is 2.92. The Bertz CT molecular complexity index is 326. The molecule has 0 aromatic heterocycles. The van der Waals surface area contributed by atoms with Crippen molar-refractivity contribution in [2.24, 2.45) is 0 Å². The Morgan fingerprint density at radius 2 is 2.07 bits per heavy atom. The lowest BCUT2D eigenvalue weighted by Crippen LogP contribution is -2.21. The lowest BCUT2D eigenvalue weighted by atomic mass is 9.86. The van der Waals surface area contributed by atoms with E-state index >= 15 is 0 Å². The largest absolute Gasteiger partial charge is 0.395 e. The summed E-state index contributed by atoms with van der Waals surface area (Å²) in [6.07, 6.45) is 0. The quantitative estimate of drug-likeness (QED) is 0.804. The van der Waals surface area contributed by atoms with Gasteiger partial charge in [-0.15, -0.1) is 0 Å². The van der Waals surface area contributed by atoms with E-state index < -0.39 is 11.2 Å². The molecule has 0 aliphatic carbocycles. The summed E-state index contributed by atoms with van der Waals surface area (Å²) in [5.41, 5.74) is 0.481. The van der Waals surface area contributed by atoms with Gasteiger partial charge in [0.15, 0.2) is 0 Å². The van der Waals surface area contributed by atoms with Gasteiger partial charge >= 0.3 is 0 Å². The van der Waals surface area contributed by atoms with Crippen LogP contribution >= 0.6 is 11.8 Å². The number of rotatable bonds is 4. The molecule has 0 aliphatic heterocycles. The number of hydrogen-bond donors (Lipinski definition) is 1. The van der Waals surface area contributed by atoms with Gasteiger partial charge in [0.2, 0.25) is 0 Å². The van der Waals surface area contributed by atoms with Crippen molar-refractivity contribution >= 4 is 11.8 Å². The fraction of sp³-hybridized carbons (Fsp3) is 0.455. The second-order valence-corrected chi connectivity index (χ2v) is 5.01. The van der Waals surface area contributed by atoms with Gasteiger partial charge in [-0.1, -0.05) is 37.7 Å². The van der Waals surface area contributed by atoms with E-state index in [1.165, 1.54) is 0 Å². The molecule has 0 bridgehead atoms. The fourth-order valence-electron chi connectivity index (χ4n) is 1.18. The summed E-state index contributed by atoms with van der Waals surface area (Å²) in [7, 11) is 0. The van der Waals surface area contributed by atoms with E-state index in [1.54, 1.807) is 18.2 Å². The minimum atomic E-state index is -2.41. The number of benzene rings is 1. The molecule has 0 amide bonds. The highest BCUT2D eigenvalue weighted by Gasteiger charge is 2.19. The molecule has 84 valence electrons. The van der Waals surface area contributed by atoms with Crippen LogP contribution < -0.4 is 0 Å². The molecule has 0 unspecified atom stereocenters. The second kappa shape index (κ2) is 4.94. The van der Waals surface area contributed by atoms with Crippen molar-refractivity contribution in [1.82, 2.24) is 0 Å². The van der Waals surface area contributed by atoms with Gasteiger partial charge in [0.1, 0.15) is 0 Å². The number of halogens is 2. The van der Waals surface area contributed by atoms with E-state index in [4.69, 9.17) is 5.11 Å². The average molecular weight is 232 g/mol. The van der Waals surface area contributed by atoms with Gasteiger partial charge in [-0.05, 0) is 17.7 Å². The zero-order chi connectivity index (χ0) is 11.5. The van der Waals surface area contributed by atoms with E-state index in [0.717, 1.165) is 5.56 Å². The molecule has 0 heterocycles. The molecule has 15 heavy (non-hydrogen) atoms. The number of hydrogen-bond acceptors (Lipinski definition) is 2. The van der Waals surface area contributed by atoms with Crippen LogP contribution in [0.25, 0.3) is 0 Å². The first kappa shape index (κ1) is 12.5. The standard InChI is InChI=1S/C11H14F2OS/c1-11(2,7-14)8-4-3-5-9(6-8)15-10(12)13/h3-6,10,14H,7H2,1-2H3. The van der Waals surface area contributed by atoms with Crippen LogP contribution in [-0.4, -0.2) is 17.5 Å². The average Bonchev–Trinajstić information content (AvgIpc) is 2.17. The molecule has 1 nitrogen and oxygen atoms in total. The maximum Gasteiger partial charge on any atom is 0.288 e. The van der Waals surface area contributed by atoms with E-state index in [9.17, 15) is 8.78 Å². The van der Waals surface area contributed by atoms with E-state index in [0.29, 0.717) is 16.7 Å². The van der Waals surface area contributed by atoms with Crippen molar-refractivity contribution in [1.29, 1.82) is 0 Å². The molecular weight excluding hydrogens is 218 g/mol. The van der Waals surface area contributed by atoms with Crippen LogP contribution in [-0.2, 0) is 5.41 Å². The summed E-state index contributed by atoms with van der Waals surface area (Å²) in [6.45, 7) is 3.74. The van der Waals surface area contributed by atoms with Crippen LogP contribution in [0.1, 0.15) is 19.4 Å². The van der Waals surface area contributed by atoms with Crippen LogP contribution in [0.3, 0.4) is 0 Å². The van der Waals surface area contributed by atoms with Gasteiger partial charge < -0.3 is 5.11 Å². The van der Waals surface area contributed by atoms with Gasteiger partial charge in [0.05, 0.1) is 6.61 Å². The van der Waals surface area contributed by atoms with Gasteiger partial charge in [0, 0.05) is 10.3 Å². The fourth-order valence-corrected chi connectivity index (χ4v) is 1.74. The second-order valence-electron chi connectivity index (χ2n) is 3.95. The molecule has 4 heteroatoms. The summed E-state index contributed by atoms with van der Waals surface area (Å²) in [4.78, 5) is 0.532. The van der Waals surface area contributed by atoms with Gasteiger partial charge in [-0.2, -0.15) is 8.78 Å². The Labute approximate surface area is 92.5 Å². The van der Waals surface area contributed by atoms with Crippen LogP contribution in [0.5, 0.6) is 0 Å². The molecule has 0 radical (unpaired) electrons. The van der Waals surface area contributed by atoms with Crippen LogP contribution in [0.4, 0.5) is 8.78 Å². The third-order valence-corrected chi connectivity index (χ3v) is 2.94. The molecule has 1 aromatic rings. The third-order valence-electron chi connectivity index (χ3n) is 2.24. The molecule has 1 N–H and O–H groups in total. The number of aliphatic hydroxyl groups excluding tert-OH is 1. The molecule has 0 saturated carbocycles. The predicted octanol–water partition coefficient (Wildman–Crippen LogP) is 3.27. The number of alkyl halides is 2. The minimum Gasteiger partial charge on any atom is -0.395 e. The molecule has 0 fully saturated rings. The topological polar surface area (TPSA) is 20.2 Å². The van der Waals surface area contributed by atoms with Crippen molar-refractivity contribution in [2.75, 3.05) is 6.61 Å². The maximum absolute atomic E-state index is 12.1. The Morgan fingerprint density at radius 1 is 1.40 bits per heavy atom.